The molecule has 0 unspecified atom stereocenters. The highest BCUT2D eigenvalue weighted by atomic mass is 32.1. The van der Waals surface area contributed by atoms with E-state index in [0.717, 1.165) is 12.1 Å². The molecule has 0 aliphatic carbocycles. The minimum atomic E-state index is -0.952. The van der Waals surface area contributed by atoms with Gasteiger partial charge in [0.2, 0.25) is 0 Å². The van der Waals surface area contributed by atoms with Crippen LogP contribution in [0.15, 0.2) is 53.7 Å². The molecular formula is C20H17F3N2O2S. The Morgan fingerprint density at radius 1 is 1.14 bits per heavy atom. The van der Waals surface area contributed by atoms with Crippen molar-refractivity contribution in [2.75, 3.05) is 12.0 Å². The number of carbonyl (C=O) groups excluding carboxylic acids is 1. The molecule has 0 bridgehead atoms. The zero-order valence-corrected chi connectivity index (χ0v) is 15.9. The molecule has 8 heteroatoms. The molecule has 0 amide bonds. The van der Waals surface area contributed by atoms with Crippen LogP contribution in [0.1, 0.15) is 24.9 Å². The number of nitrogens with zero attached hydrogens (tertiary/aromatic N) is 1. The molecule has 0 fully saturated rings. The summed E-state index contributed by atoms with van der Waals surface area (Å²) in [5.41, 5.74) is 1.23. The van der Waals surface area contributed by atoms with Crippen LogP contribution in [0.5, 0.6) is 0 Å². The summed E-state index contributed by atoms with van der Waals surface area (Å²) in [4.78, 5) is 14.2. The van der Waals surface area contributed by atoms with Gasteiger partial charge in [0.1, 0.15) is 17.5 Å². The van der Waals surface area contributed by atoms with Crippen molar-refractivity contribution in [3.8, 4) is 0 Å². The highest BCUT2D eigenvalue weighted by molar-refractivity contribution is 7.80. The number of allylic oxidation sites excluding steroid dienone is 1. The van der Waals surface area contributed by atoms with Crippen LogP contribution in [-0.2, 0) is 9.53 Å². The summed E-state index contributed by atoms with van der Waals surface area (Å²) >= 11 is 5.45. The van der Waals surface area contributed by atoms with Gasteiger partial charge in [-0.15, -0.1) is 0 Å². The monoisotopic (exact) mass is 406 g/mol. The smallest absolute Gasteiger partial charge is 0.338 e. The maximum Gasteiger partial charge on any atom is 0.338 e. The number of hydrogen-bond acceptors (Lipinski definition) is 3. The largest absolute Gasteiger partial charge is 0.466 e. The fraction of sp³-hybridized carbons (Fsp3) is 0.200. The summed E-state index contributed by atoms with van der Waals surface area (Å²) in [7, 11) is 1.22. The first-order valence-corrected chi connectivity index (χ1v) is 8.90. The lowest BCUT2D eigenvalue weighted by molar-refractivity contribution is -0.136. The van der Waals surface area contributed by atoms with Gasteiger partial charge in [0.05, 0.1) is 18.7 Å². The Kier molecular flexibility index (Phi) is 5.69. The number of ether oxygens (including phenoxy) is 1. The molecule has 2 aromatic rings. The molecule has 1 aliphatic rings. The van der Waals surface area contributed by atoms with Gasteiger partial charge in [-0.25, -0.2) is 18.0 Å². The van der Waals surface area contributed by atoms with E-state index in [9.17, 15) is 18.0 Å². The minimum Gasteiger partial charge on any atom is -0.466 e. The molecule has 0 spiro atoms. The molecule has 1 N–H and O–H groups in total. The number of hydrogen-bond donors (Lipinski definition) is 1. The highest BCUT2D eigenvalue weighted by Gasteiger charge is 2.37. The third-order valence-corrected chi connectivity index (χ3v) is 4.74. The Labute approximate surface area is 165 Å². The second kappa shape index (κ2) is 8.02. The molecular weight excluding hydrogens is 389 g/mol. The molecule has 3 rings (SSSR count). The van der Waals surface area contributed by atoms with Crippen molar-refractivity contribution in [2.24, 2.45) is 0 Å². The van der Waals surface area contributed by atoms with Crippen LogP contribution < -0.4 is 10.2 Å². The number of nitrogens with one attached hydrogen (secondary N) is 1. The van der Waals surface area contributed by atoms with Crippen molar-refractivity contribution >= 4 is 29.0 Å². The summed E-state index contributed by atoms with van der Waals surface area (Å²) in [5.74, 6) is -2.63. The molecule has 0 radical (unpaired) electrons. The van der Waals surface area contributed by atoms with E-state index in [0.29, 0.717) is 17.8 Å². The molecule has 0 aromatic heterocycles. The minimum absolute atomic E-state index is 0.0638. The van der Waals surface area contributed by atoms with E-state index in [1.165, 1.54) is 37.4 Å². The number of methoxy groups -OCH3 is 1. The van der Waals surface area contributed by atoms with Crippen LogP contribution in [-0.4, -0.2) is 18.2 Å². The predicted octanol–water partition coefficient (Wildman–Crippen LogP) is 4.38. The Morgan fingerprint density at radius 3 is 2.36 bits per heavy atom. The fourth-order valence-electron chi connectivity index (χ4n) is 3.20. The standard InChI is InChI=1S/C20H17F3N2O2S/c1-3-16-17(19(26)27-2)18(14-9-6-12(22)10-15(14)23)24-20(28)25(16)13-7-4-11(21)5-8-13/h4-10,18H,3H2,1-2H3,(H,24,28)/t18-/m0/s1. The number of halogens is 3. The first-order valence-electron chi connectivity index (χ1n) is 8.49. The van der Waals surface area contributed by atoms with Crippen LogP contribution in [0.2, 0.25) is 0 Å². The maximum atomic E-state index is 14.4. The zero-order valence-electron chi connectivity index (χ0n) is 15.1. The molecule has 146 valence electrons. The van der Waals surface area contributed by atoms with E-state index in [-0.39, 0.29) is 16.2 Å². The SMILES string of the molecule is CCC1=C(C(=O)OC)[C@H](c2ccc(F)cc2F)NC(=S)N1c1ccc(F)cc1. The van der Waals surface area contributed by atoms with E-state index in [4.69, 9.17) is 17.0 Å². The first-order chi connectivity index (χ1) is 13.4. The third-order valence-electron chi connectivity index (χ3n) is 4.44. The maximum absolute atomic E-state index is 14.4. The van der Waals surface area contributed by atoms with Crippen molar-refractivity contribution in [2.45, 2.75) is 19.4 Å². The molecule has 1 atom stereocenters. The topological polar surface area (TPSA) is 41.6 Å². The van der Waals surface area contributed by atoms with Gasteiger partial charge in [0.15, 0.2) is 5.11 Å². The van der Waals surface area contributed by atoms with Crippen molar-refractivity contribution < 1.29 is 22.7 Å². The molecule has 0 saturated carbocycles. The normalized spacial score (nSPS) is 16.8. The number of benzene rings is 2. The van der Waals surface area contributed by atoms with E-state index >= 15 is 0 Å². The Balaban J connectivity index is 2.20. The van der Waals surface area contributed by atoms with Crippen molar-refractivity contribution in [3.63, 3.8) is 0 Å². The third kappa shape index (κ3) is 3.60. The van der Waals surface area contributed by atoms with Crippen LogP contribution in [0.4, 0.5) is 18.9 Å². The van der Waals surface area contributed by atoms with Gasteiger partial charge in [-0.05, 0) is 49.0 Å². The first kappa shape index (κ1) is 19.9. The number of thiocarbonyl (C=S) groups is 1. The summed E-state index contributed by atoms with van der Waals surface area (Å²) in [6, 6.07) is 7.74. The molecule has 1 heterocycles. The van der Waals surface area contributed by atoms with Crippen molar-refractivity contribution in [1.82, 2.24) is 5.32 Å². The summed E-state index contributed by atoms with van der Waals surface area (Å²) in [6.45, 7) is 1.81. The fourth-order valence-corrected chi connectivity index (χ4v) is 3.53. The number of carbonyl (C=O) groups is 1. The van der Waals surface area contributed by atoms with Crippen molar-refractivity contribution in [1.29, 1.82) is 0 Å². The average Bonchev–Trinajstić information content (AvgIpc) is 2.67. The van der Waals surface area contributed by atoms with Crippen LogP contribution in [0, 0.1) is 17.5 Å². The summed E-state index contributed by atoms with van der Waals surface area (Å²) in [6.07, 6.45) is 0.364. The molecule has 4 nitrogen and oxygen atoms in total. The lowest BCUT2D eigenvalue weighted by Gasteiger charge is -2.38. The number of esters is 1. The second-order valence-corrected chi connectivity index (χ2v) is 6.45. The van der Waals surface area contributed by atoms with Gasteiger partial charge in [-0.3, -0.25) is 4.90 Å². The lowest BCUT2D eigenvalue weighted by Crippen LogP contribution is -2.48. The molecule has 0 saturated heterocycles. The van der Waals surface area contributed by atoms with Gasteiger partial charge in [-0.1, -0.05) is 13.0 Å². The summed E-state index contributed by atoms with van der Waals surface area (Å²) in [5, 5.41) is 3.13. The molecule has 2 aromatic carbocycles. The highest BCUT2D eigenvalue weighted by Crippen LogP contribution is 2.36. The van der Waals surface area contributed by atoms with Gasteiger partial charge in [0.25, 0.3) is 0 Å². The zero-order chi connectivity index (χ0) is 20.4. The van der Waals surface area contributed by atoms with E-state index in [1.807, 2.05) is 0 Å². The second-order valence-electron chi connectivity index (χ2n) is 6.07. The van der Waals surface area contributed by atoms with Crippen LogP contribution >= 0.6 is 12.2 Å². The molecule has 28 heavy (non-hydrogen) atoms. The van der Waals surface area contributed by atoms with E-state index in [2.05, 4.69) is 5.32 Å². The number of anilines is 1. The van der Waals surface area contributed by atoms with Crippen molar-refractivity contribution in [3.05, 3.63) is 76.7 Å². The van der Waals surface area contributed by atoms with Gasteiger partial charge < -0.3 is 10.1 Å². The lowest BCUT2D eigenvalue weighted by atomic mass is 9.93. The Morgan fingerprint density at radius 2 is 1.79 bits per heavy atom. The van der Waals surface area contributed by atoms with E-state index < -0.39 is 29.5 Å². The quantitative estimate of drug-likeness (QED) is 0.603. The van der Waals surface area contributed by atoms with Gasteiger partial charge in [-0.2, -0.15) is 0 Å². The van der Waals surface area contributed by atoms with Crippen LogP contribution in [0.25, 0.3) is 0 Å². The number of rotatable bonds is 4. The van der Waals surface area contributed by atoms with Gasteiger partial charge >= 0.3 is 5.97 Å². The van der Waals surface area contributed by atoms with Crippen LogP contribution in [0.3, 0.4) is 0 Å². The molecule has 1 aliphatic heterocycles. The van der Waals surface area contributed by atoms with E-state index in [1.54, 1.807) is 11.8 Å². The van der Waals surface area contributed by atoms with Gasteiger partial charge in [0, 0.05) is 23.0 Å². The average molecular weight is 406 g/mol. The summed E-state index contributed by atoms with van der Waals surface area (Å²) < 4.78 is 46.0. The predicted molar refractivity (Wildman–Crippen MR) is 103 cm³/mol. The Bertz CT molecular complexity index is 960. The Hall–Kier alpha value is -2.87.